The molecule has 1 aromatic heterocycles. The summed E-state index contributed by atoms with van der Waals surface area (Å²) < 4.78 is 27.3. The largest absolute Gasteiger partial charge is 0.423 e. The van der Waals surface area contributed by atoms with Crippen molar-refractivity contribution in [3.05, 3.63) is 30.7 Å². The highest BCUT2D eigenvalue weighted by atomic mass is 32.2. The van der Waals surface area contributed by atoms with Gasteiger partial charge in [0.05, 0.1) is 4.90 Å². The summed E-state index contributed by atoms with van der Waals surface area (Å²) in [7, 11) is -3.16. The van der Waals surface area contributed by atoms with Gasteiger partial charge in [0.25, 0.3) is 0 Å². The molecule has 0 bridgehead atoms. The highest BCUT2D eigenvalue weighted by Gasteiger charge is 2.08. The van der Waals surface area contributed by atoms with Gasteiger partial charge in [0.1, 0.15) is 0 Å². The van der Waals surface area contributed by atoms with Crippen LogP contribution in [0.15, 0.2) is 40.0 Å². The van der Waals surface area contributed by atoms with Gasteiger partial charge in [0, 0.05) is 11.8 Å². The van der Waals surface area contributed by atoms with Crippen LogP contribution >= 0.6 is 0 Å². The van der Waals surface area contributed by atoms with Gasteiger partial charge in [-0.15, -0.1) is 10.2 Å². The Morgan fingerprint density at radius 2 is 1.87 bits per heavy atom. The van der Waals surface area contributed by atoms with Crippen LogP contribution < -0.4 is 0 Å². The van der Waals surface area contributed by atoms with Crippen molar-refractivity contribution in [2.75, 3.05) is 6.26 Å². The van der Waals surface area contributed by atoms with Gasteiger partial charge in [-0.1, -0.05) is 0 Å². The maximum atomic E-state index is 11.2. The van der Waals surface area contributed by atoms with Crippen LogP contribution in [0, 0.1) is 0 Å². The Morgan fingerprint density at radius 1 is 1.20 bits per heavy atom. The van der Waals surface area contributed by atoms with E-state index in [2.05, 4.69) is 10.2 Å². The first-order valence-corrected chi connectivity index (χ1v) is 6.03. The van der Waals surface area contributed by atoms with Crippen molar-refractivity contribution in [3.8, 4) is 11.5 Å². The Morgan fingerprint density at radius 3 is 2.33 bits per heavy atom. The molecular weight excluding hydrogens is 216 g/mol. The molecule has 0 saturated heterocycles. The number of benzene rings is 1. The van der Waals surface area contributed by atoms with E-state index in [-0.39, 0.29) is 4.90 Å². The van der Waals surface area contributed by atoms with E-state index in [1.807, 2.05) is 0 Å². The summed E-state index contributed by atoms with van der Waals surface area (Å²) in [5, 5.41) is 7.25. The summed E-state index contributed by atoms with van der Waals surface area (Å²) in [5.74, 6) is 0.370. The van der Waals surface area contributed by atoms with E-state index in [0.717, 1.165) is 6.26 Å². The lowest BCUT2D eigenvalue weighted by Crippen LogP contribution is -1.96. The number of hydrogen-bond donors (Lipinski definition) is 0. The molecule has 15 heavy (non-hydrogen) atoms. The van der Waals surface area contributed by atoms with Crippen LogP contribution in [0.3, 0.4) is 0 Å². The predicted octanol–water partition coefficient (Wildman–Crippen LogP) is 1.14. The molecule has 0 aliphatic heterocycles. The van der Waals surface area contributed by atoms with E-state index < -0.39 is 9.84 Å². The summed E-state index contributed by atoms with van der Waals surface area (Å²) in [6, 6.07) is 6.28. The third-order valence-electron chi connectivity index (χ3n) is 1.89. The van der Waals surface area contributed by atoms with E-state index in [9.17, 15) is 8.42 Å². The van der Waals surface area contributed by atoms with Crippen molar-refractivity contribution >= 4 is 9.84 Å². The number of hydrogen-bond acceptors (Lipinski definition) is 5. The minimum atomic E-state index is -3.16. The lowest BCUT2D eigenvalue weighted by Gasteiger charge is -1.98. The van der Waals surface area contributed by atoms with Crippen molar-refractivity contribution in [3.63, 3.8) is 0 Å². The summed E-state index contributed by atoms with van der Waals surface area (Å²) in [5.41, 5.74) is 0.694. The van der Waals surface area contributed by atoms with E-state index in [4.69, 9.17) is 4.42 Å². The molecule has 0 aliphatic rings. The second-order valence-corrected chi connectivity index (χ2v) is 5.06. The minimum absolute atomic E-state index is 0.269. The Bertz CT molecular complexity index is 544. The molecule has 0 spiro atoms. The van der Waals surface area contributed by atoms with Crippen LogP contribution in [-0.2, 0) is 9.84 Å². The molecule has 0 amide bonds. The molecule has 6 heteroatoms. The fourth-order valence-corrected chi connectivity index (χ4v) is 1.77. The molecule has 0 fully saturated rings. The lowest BCUT2D eigenvalue weighted by atomic mass is 10.2. The second kappa shape index (κ2) is 3.47. The first-order chi connectivity index (χ1) is 7.07. The quantitative estimate of drug-likeness (QED) is 0.764. The van der Waals surface area contributed by atoms with Crippen LogP contribution in [0.2, 0.25) is 0 Å². The highest BCUT2D eigenvalue weighted by molar-refractivity contribution is 7.90. The SMILES string of the molecule is CS(=O)(=O)c1ccc(-c2nnco2)cc1. The summed E-state index contributed by atoms with van der Waals surface area (Å²) in [6.45, 7) is 0. The number of sulfone groups is 1. The van der Waals surface area contributed by atoms with E-state index in [1.165, 1.54) is 18.5 Å². The molecule has 0 radical (unpaired) electrons. The lowest BCUT2D eigenvalue weighted by molar-refractivity contribution is 0.568. The van der Waals surface area contributed by atoms with Crippen molar-refractivity contribution in [2.24, 2.45) is 0 Å². The Balaban J connectivity index is 2.42. The highest BCUT2D eigenvalue weighted by Crippen LogP contribution is 2.18. The van der Waals surface area contributed by atoms with E-state index >= 15 is 0 Å². The van der Waals surface area contributed by atoms with Gasteiger partial charge in [0.2, 0.25) is 12.3 Å². The summed E-state index contributed by atoms with van der Waals surface area (Å²) >= 11 is 0. The van der Waals surface area contributed by atoms with Gasteiger partial charge in [-0.3, -0.25) is 0 Å². The predicted molar refractivity (Wildman–Crippen MR) is 52.8 cm³/mol. The summed E-state index contributed by atoms with van der Waals surface area (Å²) in [4.78, 5) is 0.269. The Hall–Kier alpha value is -1.69. The zero-order chi connectivity index (χ0) is 10.9. The average Bonchev–Trinajstić information content (AvgIpc) is 2.69. The van der Waals surface area contributed by atoms with Crippen molar-refractivity contribution in [2.45, 2.75) is 4.90 Å². The summed E-state index contributed by atoms with van der Waals surface area (Å²) in [6.07, 6.45) is 2.38. The van der Waals surface area contributed by atoms with Crippen molar-refractivity contribution in [1.29, 1.82) is 0 Å². The van der Waals surface area contributed by atoms with E-state index in [1.54, 1.807) is 12.1 Å². The van der Waals surface area contributed by atoms with Gasteiger partial charge >= 0.3 is 0 Å². The Kier molecular flexibility index (Phi) is 2.28. The molecule has 1 heterocycles. The first-order valence-electron chi connectivity index (χ1n) is 4.14. The molecule has 0 unspecified atom stereocenters. The van der Waals surface area contributed by atoms with Crippen LogP contribution in [0.25, 0.3) is 11.5 Å². The van der Waals surface area contributed by atoms with Gasteiger partial charge in [-0.25, -0.2) is 8.42 Å². The van der Waals surface area contributed by atoms with Gasteiger partial charge in [-0.2, -0.15) is 0 Å². The zero-order valence-electron chi connectivity index (χ0n) is 7.91. The monoisotopic (exact) mass is 224 g/mol. The van der Waals surface area contributed by atoms with Crippen LogP contribution in [0.4, 0.5) is 0 Å². The number of nitrogens with zero attached hydrogens (tertiary/aromatic N) is 2. The Labute approximate surface area is 86.7 Å². The van der Waals surface area contributed by atoms with Crippen molar-refractivity contribution < 1.29 is 12.8 Å². The number of rotatable bonds is 2. The molecule has 0 atom stereocenters. The molecule has 2 rings (SSSR count). The molecule has 0 aliphatic carbocycles. The third-order valence-corrected chi connectivity index (χ3v) is 3.02. The zero-order valence-corrected chi connectivity index (χ0v) is 8.73. The maximum Gasteiger partial charge on any atom is 0.247 e. The molecule has 2 aromatic rings. The molecular formula is C9H8N2O3S. The van der Waals surface area contributed by atoms with Crippen molar-refractivity contribution in [1.82, 2.24) is 10.2 Å². The van der Waals surface area contributed by atoms with Gasteiger partial charge < -0.3 is 4.42 Å². The smallest absolute Gasteiger partial charge is 0.247 e. The molecule has 5 nitrogen and oxygen atoms in total. The molecule has 0 saturated carbocycles. The molecule has 78 valence electrons. The molecule has 1 aromatic carbocycles. The van der Waals surface area contributed by atoms with Gasteiger partial charge in [0.15, 0.2) is 9.84 Å². The fraction of sp³-hybridized carbons (Fsp3) is 0.111. The second-order valence-electron chi connectivity index (χ2n) is 3.04. The molecule has 0 N–H and O–H groups in total. The standard InChI is InChI=1S/C9H8N2O3S/c1-15(12,13)8-4-2-7(3-5-8)9-11-10-6-14-9/h2-6H,1H3. The fourth-order valence-electron chi connectivity index (χ4n) is 1.14. The van der Waals surface area contributed by atoms with Crippen LogP contribution in [0.5, 0.6) is 0 Å². The number of aromatic nitrogens is 2. The third kappa shape index (κ3) is 2.04. The first kappa shape index (κ1) is 9.85. The van der Waals surface area contributed by atoms with Gasteiger partial charge in [-0.05, 0) is 24.3 Å². The van der Waals surface area contributed by atoms with Crippen LogP contribution in [0.1, 0.15) is 0 Å². The maximum absolute atomic E-state index is 11.2. The van der Waals surface area contributed by atoms with Crippen LogP contribution in [-0.4, -0.2) is 24.9 Å². The minimum Gasteiger partial charge on any atom is -0.423 e. The average molecular weight is 224 g/mol. The van der Waals surface area contributed by atoms with E-state index in [0.29, 0.717) is 11.5 Å². The topological polar surface area (TPSA) is 73.1 Å². The normalized spacial score (nSPS) is 11.5.